The zero-order chi connectivity index (χ0) is 13.7. The Balaban J connectivity index is 2.35. The Morgan fingerprint density at radius 1 is 1.33 bits per heavy atom. The van der Waals surface area contributed by atoms with E-state index in [1.807, 2.05) is 20.8 Å². The first kappa shape index (κ1) is 12.9. The van der Waals surface area contributed by atoms with Crippen molar-refractivity contribution in [3.63, 3.8) is 0 Å². The number of rotatable bonds is 2. The summed E-state index contributed by atoms with van der Waals surface area (Å²) >= 11 is 0. The van der Waals surface area contributed by atoms with Crippen molar-refractivity contribution in [3.8, 4) is 0 Å². The van der Waals surface area contributed by atoms with Gasteiger partial charge in [0, 0.05) is 11.3 Å². The summed E-state index contributed by atoms with van der Waals surface area (Å²) in [5, 5.41) is 4.90. The monoisotopic (exact) mass is 253 g/mol. The predicted molar refractivity (Wildman–Crippen MR) is 64.3 cm³/mol. The molecule has 0 bridgehead atoms. The Labute approximate surface area is 106 Å². The molecule has 4 amide bonds. The van der Waals surface area contributed by atoms with Crippen molar-refractivity contribution >= 4 is 17.8 Å². The van der Waals surface area contributed by atoms with Crippen molar-refractivity contribution in [1.82, 2.24) is 10.6 Å². The maximum absolute atomic E-state index is 11.8. The molecule has 0 spiro atoms. The number of imide groups is 1. The summed E-state index contributed by atoms with van der Waals surface area (Å²) in [5.74, 6) is -0.929. The van der Waals surface area contributed by atoms with Crippen LogP contribution >= 0.6 is 0 Å². The van der Waals surface area contributed by atoms with E-state index in [0.29, 0.717) is 12.8 Å². The van der Waals surface area contributed by atoms with Crippen LogP contribution in [0.2, 0.25) is 0 Å². The van der Waals surface area contributed by atoms with Crippen LogP contribution in [0.1, 0.15) is 33.6 Å². The van der Waals surface area contributed by atoms with E-state index < -0.39 is 22.9 Å². The third-order valence-electron chi connectivity index (χ3n) is 5.05. The lowest BCUT2D eigenvalue weighted by molar-refractivity contribution is -0.130. The Kier molecular flexibility index (Phi) is 2.64. The molecule has 2 aliphatic rings. The molecule has 4 N–H and O–H groups in total. The lowest BCUT2D eigenvalue weighted by Crippen LogP contribution is -2.52. The summed E-state index contributed by atoms with van der Waals surface area (Å²) in [6.07, 6.45) is 1.34. The molecular formula is C12H19N3O3. The highest BCUT2D eigenvalue weighted by molar-refractivity contribution is 6.04. The van der Waals surface area contributed by atoms with Gasteiger partial charge in [-0.2, -0.15) is 0 Å². The number of hydrogen-bond donors (Lipinski definition) is 3. The summed E-state index contributed by atoms with van der Waals surface area (Å²) in [4.78, 5) is 34.6. The molecule has 1 saturated heterocycles. The largest absolute Gasteiger partial charge is 0.369 e. The third kappa shape index (κ3) is 1.51. The van der Waals surface area contributed by atoms with E-state index in [1.54, 1.807) is 0 Å². The van der Waals surface area contributed by atoms with Gasteiger partial charge in [-0.3, -0.25) is 14.9 Å². The molecule has 0 aromatic carbocycles. The predicted octanol–water partition coefficient (Wildman–Crippen LogP) is 0.122. The molecule has 1 aliphatic carbocycles. The molecule has 1 saturated carbocycles. The van der Waals surface area contributed by atoms with Gasteiger partial charge >= 0.3 is 6.03 Å². The standard InChI is InChI=1S/C12H19N3O3/c1-11(2)6(8(13)16)4-5-12(11,3)7-9(17)15-10(18)14-7/h6-7H,4-5H2,1-3H3,(H2,13,16)(H2,14,15,17,18)/t6-,7+,12+/m0/s1. The summed E-state index contributed by atoms with van der Waals surface area (Å²) in [5.41, 5.74) is 4.53. The number of nitrogens with one attached hydrogen (secondary N) is 2. The van der Waals surface area contributed by atoms with Crippen molar-refractivity contribution in [2.45, 2.75) is 39.7 Å². The zero-order valence-electron chi connectivity index (χ0n) is 10.9. The fourth-order valence-corrected chi connectivity index (χ4v) is 3.40. The first-order chi connectivity index (χ1) is 8.20. The van der Waals surface area contributed by atoms with Crippen molar-refractivity contribution in [1.29, 1.82) is 0 Å². The fourth-order valence-electron chi connectivity index (χ4n) is 3.40. The highest BCUT2D eigenvalue weighted by atomic mass is 16.2. The molecule has 3 atom stereocenters. The summed E-state index contributed by atoms with van der Waals surface area (Å²) in [6.45, 7) is 5.81. The quantitative estimate of drug-likeness (QED) is 0.609. The van der Waals surface area contributed by atoms with Gasteiger partial charge in [-0.15, -0.1) is 0 Å². The Hall–Kier alpha value is -1.59. The van der Waals surface area contributed by atoms with Gasteiger partial charge in [-0.05, 0) is 18.3 Å². The zero-order valence-corrected chi connectivity index (χ0v) is 10.9. The highest BCUT2D eigenvalue weighted by Crippen LogP contribution is 2.57. The molecule has 100 valence electrons. The van der Waals surface area contributed by atoms with Crippen LogP contribution < -0.4 is 16.4 Å². The summed E-state index contributed by atoms with van der Waals surface area (Å²) in [7, 11) is 0. The van der Waals surface area contributed by atoms with Crippen LogP contribution in [0.5, 0.6) is 0 Å². The molecule has 6 nitrogen and oxygen atoms in total. The van der Waals surface area contributed by atoms with E-state index in [4.69, 9.17) is 5.73 Å². The van der Waals surface area contributed by atoms with Crippen molar-refractivity contribution in [2.75, 3.05) is 0 Å². The molecule has 0 unspecified atom stereocenters. The van der Waals surface area contributed by atoms with Gasteiger partial charge in [-0.1, -0.05) is 20.8 Å². The van der Waals surface area contributed by atoms with Gasteiger partial charge in [0.15, 0.2) is 0 Å². The second kappa shape index (κ2) is 3.70. The highest BCUT2D eigenvalue weighted by Gasteiger charge is 2.60. The second-order valence-corrected chi connectivity index (χ2v) is 6.03. The van der Waals surface area contributed by atoms with E-state index in [1.165, 1.54) is 0 Å². The first-order valence-corrected chi connectivity index (χ1v) is 6.11. The SMILES string of the molecule is CC1(C)[C@H](C(N)=O)CC[C@]1(C)[C@@H]1NC(=O)NC1=O. The van der Waals surface area contributed by atoms with E-state index >= 15 is 0 Å². The van der Waals surface area contributed by atoms with Crippen LogP contribution in [0, 0.1) is 16.7 Å². The molecule has 0 aromatic rings. The maximum Gasteiger partial charge on any atom is 0.322 e. The van der Waals surface area contributed by atoms with Crippen LogP contribution in [-0.2, 0) is 9.59 Å². The minimum atomic E-state index is -0.593. The topological polar surface area (TPSA) is 101 Å². The number of primary amides is 1. The number of amides is 4. The van der Waals surface area contributed by atoms with E-state index in [2.05, 4.69) is 10.6 Å². The first-order valence-electron chi connectivity index (χ1n) is 6.11. The van der Waals surface area contributed by atoms with Crippen molar-refractivity contribution < 1.29 is 14.4 Å². The van der Waals surface area contributed by atoms with Crippen molar-refractivity contribution in [3.05, 3.63) is 0 Å². The van der Waals surface area contributed by atoms with Gasteiger partial charge in [0.25, 0.3) is 5.91 Å². The molecule has 1 aliphatic heterocycles. The smallest absolute Gasteiger partial charge is 0.322 e. The number of urea groups is 1. The Morgan fingerprint density at radius 3 is 2.33 bits per heavy atom. The van der Waals surface area contributed by atoms with Crippen molar-refractivity contribution in [2.24, 2.45) is 22.5 Å². The third-order valence-corrected chi connectivity index (χ3v) is 5.05. The Morgan fingerprint density at radius 2 is 1.94 bits per heavy atom. The summed E-state index contributed by atoms with van der Waals surface area (Å²) < 4.78 is 0. The van der Waals surface area contributed by atoms with E-state index in [0.717, 1.165) is 0 Å². The van der Waals surface area contributed by atoms with Gasteiger partial charge in [-0.25, -0.2) is 4.79 Å². The number of nitrogens with two attached hydrogens (primary N) is 1. The molecule has 1 heterocycles. The van der Waals surface area contributed by atoms with Crippen LogP contribution in [0.3, 0.4) is 0 Å². The number of carbonyl (C=O) groups is 3. The van der Waals surface area contributed by atoms with Crippen LogP contribution in [0.25, 0.3) is 0 Å². The average Bonchev–Trinajstić information content (AvgIpc) is 2.67. The molecule has 6 heteroatoms. The van der Waals surface area contributed by atoms with Gasteiger partial charge < -0.3 is 11.1 Å². The molecule has 2 fully saturated rings. The Bertz CT molecular complexity index is 432. The second-order valence-electron chi connectivity index (χ2n) is 6.03. The molecule has 0 aromatic heterocycles. The van der Waals surface area contributed by atoms with Gasteiger partial charge in [0.2, 0.25) is 5.91 Å². The van der Waals surface area contributed by atoms with Crippen LogP contribution in [-0.4, -0.2) is 23.9 Å². The number of carbonyl (C=O) groups excluding carboxylic acids is 3. The van der Waals surface area contributed by atoms with E-state index in [9.17, 15) is 14.4 Å². The number of hydrogen-bond acceptors (Lipinski definition) is 3. The minimum Gasteiger partial charge on any atom is -0.369 e. The van der Waals surface area contributed by atoms with Gasteiger partial charge in [0.1, 0.15) is 6.04 Å². The minimum absolute atomic E-state index is 0.271. The lowest BCUT2D eigenvalue weighted by atomic mass is 9.62. The molecule has 2 rings (SSSR count). The summed E-state index contributed by atoms with van der Waals surface area (Å²) in [6, 6.07) is -1.06. The molecule has 18 heavy (non-hydrogen) atoms. The average molecular weight is 253 g/mol. The lowest BCUT2D eigenvalue weighted by Gasteiger charge is -2.43. The molecular weight excluding hydrogens is 234 g/mol. The van der Waals surface area contributed by atoms with Crippen LogP contribution in [0.4, 0.5) is 4.79 Å². The van der Waals surface area contributed by atoms with E-state index in [-0.39, 0.29) is 17.7 Å². The maximum atomic E-state index is 11.8. The van der Waals surface area contributed by atoms with Crippen LogP contribution in [0.15, 0.2) is 0 Å². The normalized spacial score (nSPS) is 38.4. The molecule has 0 radical (unpaired) electrons. The fraction of sp³-hybridized carbons (Fsp3) is 0.750. The van der Waals surface area contributed by atoms with Gasteiger partial charge in [0.05, 0.1) is 0 Å².